The molecule has 0 aliphatic carbocycles. The molecule has 1 unspecified atom stereocenters. The van der Waals surface area contributed by atoms with Gasteiger partial charge < -0.3 is 20.7 Å². The summed E-state index contributed by atoms with van der Waals surface area (Å²) in [6.45, 7) is 2.26. The molecule has 0 radical (unpaired) electrons. The molecule has 1 fully saturated rings. The average Bonchev–Trinajstić information content (AvgIpc) is 2.93. The lowest BCUT2D eigenvalue weighted by molar-refractivity contribution is -0.129. The molecule has 3 N–H and O–H groups in total. The van der Waals surface area contributed by atoms with Crippen molar-refractivity contribution in [3.8, 4) is 5.75 Å². The van der Waals surface area contributed by atoms with Crippen LogP contribution in [0.15, 0.2) is 24.3 Å². The van der Waals surface area contributed by atoms with Crippen LogP contribution in [0.25, 0.3) is 0 Å². The first kappa shape index (κ1) is 20.3. The molecule has 2 amide bonds. The standard InChI is InChI=1S/C17H25N3O3.ClH/c1-23-15-6-4-13(5-7-15)11-20-12-14(10-16(20)21)17(22)19-9-3-2-8-18;/h4-7,14H,2-3,8-12,18H2,1H3,(H,19,22);1H. The Balaban J connectivity index is 0.00000288. The number of carbonyl (C=O) groups excluding carboxylic acids is 2. The van der Waals surface area contributed by atoms with E-state index in [9.17, 15) is 9.59 Å². The minimum atomic E-state index is -0.251. The molecular weight excluding hydrogens is 330 g/mol. The zero-order valence-corrected chi connectivity index (χ0v) is 14.8. The number of hydrogen-bond acceptors (Lipinski definition) is 4. The third kappa shape index (κ3) is 5.69. The van der Waals surface area contributed by atoms with E-state index in [0.717, 1.165) is 24.2 Å². The third-order valence-corrected chi connectivity index (χ3v) is 4.05. The average molecular weight is 356 g/mol. The first-order valence-electron chi connectivity index (χ1n) is 8.02. The smallest absolute Gasteiger partial charge is 0.225 e. The van der Waals surface area contributed by atoms with E-state index in [1.165, 1.54) is 0 Å². The molecular formula is C17H26ClN3O3. The molecule has 6 nitrogen and oxygen atoms in total. The van der Waals surface area contributed by atoms with Crippen molar-refractivity contribution in [1.29, 1.82) is 0 Å². The summed E-state index contributed by atoms with van der Waals surface area (Å²) in [5.74, 6) is 0.533. The van der Waals surface area contributed by atoms with E-state index in [2.05, 4.69) is 5.32 Å². The van der Waals surface area contributed by atoms with Gasteiger partial charge in [0.25, 0.3) is 0 Å². The van der Waals surface area contributed by atoms with Crippen LogP contribution in [0.4, 0.5) is 0 Å². The highest BCUT2D eigenvalue weighted by atomic mass is 35.5. The van der Waals surface area contributed by atoms with Gasteiger partial charge in [-0.25, -0.2) is 0 Å². The van der Waals surface area contributed by atoms with Crippen molar-refractivity contribution in [3.05, 3.63) is 29.8 Å². The van der Waals surface area contributed by atoms with Crippen LogP contribution in [0.1, 0.15) is 24.8 Å². The fraction of sp³-hybridized carbons (Fsp3) is 0.529. The predicted molar refractivity (Wildman–Crippen MR) is 95.1 cm³/mol. The van der Waals surface area contributed by atoms with Crippen molar-refractivity contribution in [3.63, 3.8) is 0 Å². The van der Waals surface area contributed by atoms with Crippen LogP contribution in [0.3, 0.4) is 0 Å². The second kappa shape index (κ2) is 10.2. The second-order valence-electron chi connectivity index (χ2n) is 5.81. The zero-order valence-electron chi connectivity index (χ0n) is 14.0. The normalized spacial score (nSPS) is 16.7. The third-order valence-electron chi connectivity index (χ3n) is 4.05. The van der Waals surface area contributed by atoms with Crippen LogP contribution in [-0.4, -0.2) is 43.5 Å². The summed E-state index contributed by atoms with van der Waals surface area (Å²) in [5.41, 5.74) is 6.45. The topological polar surface area (TPSA) is 84.7 Å². The largest absolute Gasteiger partial charge is 0.497 e. The number of benzene rings is 1. The lowest BCUT2D eigenvalue weighted by atomic mass is 10.1. The minimum absolute atomic E-state index is 0. The molecule has 1 aromatic carbocycles. The highest BCUT2D eigenvalue weighted by Crippen LogP contribution is 2.21. The maximum Gasteiger partial charge on any atom is 0.225 e. The molecule has 24 heavy (non-hydrogen) atoms. The minimum Gasteiger partial charge on any atom is -0.497 e. The van der Waals surface area contributed by atoms with Gasteiger partial charge in [-0.2, -0.15) is 0 Å². The zero-order chi connectivity index (χ0) is 16.7. The van der Waals surface area contributed by atoms with E-state index in [0.29, 0.717) is 32.6 Å². The molecule has 134 valence electrons. The van der Waals surface area contributed by atoms with Gasteiger partial charge in [-0.3, -0.25) is 9.59 Å². The molecule has 0 bridgehead atoms. The highest BCUT2D eigenvalue weighted by molar-refractivity contribution is 5.89. The molecule has 1 atom stereocenters. The molecule has 0 saturated carbocycles. The van der Waals surface area contributed by atoms with Crippen molar-refractivity contribution in [1.82, 2.24) is 10.2 Å². The lowest BCUT2D eigenvalue weighted by Crippen LogP contribution is -2.33. The number of ether oxygens (including phenoxy) is 1. The second-order valence-corrected chi connectivity index (χ2v) is 5.81. The summed E-state index contributed by atoms with van der Waals surface area (Å²) >= 11 is 0. The van der Waals surface area contributed by atoms with Crippen molar-refractivity contribution in [2.75, 3.05) is 26.7 Å². The van der Waals surface area contributed by atoms with Crippen LogP contribution in [0, 0.1) is 5.92 Å². The SMILES string of the molecule is COc1ccc(CN2CC(C(=O)NCCCCN)CC2=O)cc1.Cl. The Kier molecular flexibility index (Phi) is 8.57. The summed E-state index contributed by atoms with van der Waals surface area (Å²) in [6.07, 6.45) is 2.06. The van der Waals surface area contributed by atoms with Crippen molar-refractivity contribution in [2.24, 2.45) is 11.7 Å². The van der Waals surface area contributed by atoms with Crippen molar-refractivity contribution in [2.45, 2.75) is 25.8 Å². The fourth-order valence-electron chi connectivity index (χ4n) is 2.68. The van der Waals surface area contributed by atoms with E-state index < -0.39 is 0 Å². The van der Waals surface area contributed by atoms with Crippen molar-refractivity contribution >= 4 is 24.2 Å². The molecule has 1 aliphatic rings. The number of nitrogens with zero attached hydrogens (tertiary/aromatic N) is 1. The Labute approximate surface area is 149 Å². The first-order valence-corrected chi connectivity index (χ1v) is 8.02. The first-order chi connectivity index (χ1) is 11.1. The van der Waals surface area contributed by atoms with E-state index in [1.54, 1.807) is 12.0 Å². The van der Waals surface area contributed by atoms with E-state index in [4.69, 9.17) is 10.5 Å². The Bertz CT molecular complexity index is 536. The number of nitrogens with two attached hydrogens (primary N) is 1. The molecule has 1 aromatic rings. The Morgan fingerprint density at radius 3 is 2.67 bits per heavy atom. The number of hydrogen-bond donors (Lipinski definition) is 2. The van der Waals surface area contributed by atoms with Gasteiger partial charge in [-0.15, -0.1) is 12.4 Å². The van der Waals surface area contributed by atoms with Crippen LogP contribution in [0.2, 0.25) is 0 Å². The van der Waals surface area contributed by atoms with Gasteiger partial charge in [0.05, 0.1) is 13.0 Å². The Morgan fingerprint density at radius 1 is 1.33 bits per heavy atom. The van der Waals surface area contributed by atoms with Gasteiger partial charge in [0.15, 0.2) is 0 Å². The molecule has 1 aliphatic heterocycles. The molecule has 2 rings (SSSR count). The molecule has 1 heterocycles. The number of amides is 2. The van der Waals surface area contributed by atoms with Gasteiger partial charge in [-0.1, -0.05) is 12.1 Å². The number of rotatable bonds is 8. The monoisotopic (exact) mass is 355 g/mol. The number of halogens is 1. The number of unbranched alkanes of at least 4 members (excludes halogenated alkanes) is 1. The summed E-state index contributed by atoms with van der Waals surface area (Å²) in [7, 11) is 1.62. The summed E-state index contributed by atoms with van der Waals surface area (Å²) in [6, 6.07) is 7.62. The maximum absolute atomic E-state index is 12.1. The van der Waals surface area contributed by atoms with E-state index >= 15 is 0 Å². The van der Waals surface area contributed by atoms with Gasteiger partial charge in [-0.05, 0) is 37.1 Å². The summed E-state index contributed by atoms with van der Waals surface area (Å²) < 4.78 is 5.12. The van der Waals surface area contributed by atoms with Gasteiger partial charge in [0.1, 0.15) is 5.75 Å². The maximum atomic E-state index is 12.1. The van der Waals surface area contributed by atoms with Gasteiger partial charge >= 0.3 is 0 Å². The molecule has 0 aromatic heterocycles. The van der Waals surface area contributed by atoms with Crippen LogP contribution >= 0.6 is 12.4 Å². The molecule has 0 spiro atoms. The fourth-order valence-corrected chi connectivity index (χ4v) is 2.68. The van der Waals surface area contributed by atoms with Crippen molar-refractivity contribution < 1.29 is 14.3 Å². The number of methoxy groups -OCH3 is 1. The van der Waals surface area contributed by atoms with Crippen LogP contribution in [0.5, 0.6) is 5.75 Å². The predicted octanol–water partition coefficient (Wildman–Crippen LogP) is 1.32. The Hall–Kier alpha value is -1.79. The van der Waals surface area contributed by atoms with Crippen LogP contribution in [-0.2, 0) is 16.1 Å². The molecule has 7 heteroatoms. The van der Waals surface area contributed by atoms with E-state index in [-0.39, 0.29) is 30.1 Å². The number of nitrogens with one attached hydrogen (secondary N) is 1. The highest BCUT2D eigenvalue weighted by Gasteiger charge is 2.33. The molecule has 1 saturated heterocycles. The number of likely N-dealkylation sites (tertiary alicyclic amines) is 1. The van der Waals surface area contributed by atoms with Crippen LogP contribution < -0.4 is 15.8 Å². The number of carbonyl (C=O) groups is 2. The van der Waals surface area contributed by atoms with Gasteiger partial charge in [0.2, 0.25) is 11.8 Å². The lowest BCUT2D eigenvalue weighted by Gasteiger charge is -2.17. The van der Waals surface area contributed by atoms with Gasteiger partial charge in [0, 0.05) is 26.1 Å². The van der Waals surface area contributed by atoms with E-state index in [1.807, 2.05) is 24.3 Å². The summed E-state index contributed by atoms with van der Waals surface area (Å²) in [5, 5.41) is 2.89. The Morgan fingerprint density at radius 2 is 2.04 bits per heavy atom. The quantitative estimate of drug-likeness (QED) is 0.689. The summed E-state index contributed by atoms with van der Waals surface area (Å²) in [4.78, 5) is 25.9.